The van der Waals surface area contributed by atoms with Crippen molar-refractivity contribution < 1.29 is 4.74 Å². The van der Waals surface area contributed by atoms with Crippen LogP contribution in [0.5, 0.6) is 11.5 Å². The molecule has 0 radical (unpaired) electrons. The van der Waals surface area contributed by atoms with Gasteiger partial charge in [0.15, 0.2) is 0 Å². The van der Waals surface area contributed by atoms with Crippen LogP contribution in [0.4, 0.5) is 0 Å². The maximum atomic E-state index is 6.22. The van der Waals surface area contributed by atoms with Crippen molar-refractivity contribution in [3.63, 3.8) is 0 Å². The number of para-hydroxylation sites is 1. The summed E-state index contributed by atoms with van der Waals surface area (Å²) in [5.74, 6) is 1.60. The standard InChI is InChI=1S/C21H17Cl2NO/c1-15(20-13-17(22)9-12-21(20)23)24-14-16-7-10-19(11-8-16)25-18-5-3-2-4-6-18/h2-15H,1H3/b24-14+. The Balaban J connectivity index is 1.68. The molecule has 0 amide bonds. The van der Waals surface area contributed by atoms with Crippen LogP contribution in [0.15, 0.2) is 77.8 Å². The second kappa shape index (κ2) is 8.19. The van der Waals surface area contributed by atoms with Gasteiger partial charge in [-0.1, -0.05) is 41.4 Å². The van der Waals surface area contributed by atoms with Gasteiger partial charge in [0.05, 0.1) is 6.04 Å². The Labute approximate surface area is 157 Å². The summed E-state index contributed by atoms with van der Waals surface area (Å²) in [5, 5.41) is 1.32. The molecule has 0 saturated heterocycles. The molecule has 0 saturated carbocycles. The average molecular weight is 370 g/mol. The lowest BCUT2D eigenvalue weighted by atomic mass is 10.1. The molecule has 0 bridgehead atoms. The Bertz CT molecular complexity index is 861. The summed E-state index contributed by atoms with van der Waals surface area (Å²) in [5.41, 5.74) is 1.90. The first-order valence-corrected chi connectivity index (χ1v) is 8.68. The van der Waals surface area contributed by atoms with E-state index >= 15 is 0 Å². The largest absolute Gasteiger partial charge is 0.457 e. The van der Waals surface area contributed by atoms with Gasteiger partial charge in [-0.25, -0.2) is 0 Å². The summed E-state index contributed by atoms with van der Waals surface area (Å²) in [6.45, 7) is 1.99. The lowest BCUT2D eigenvalue weighted by Gasteiger charge is -2.09. The summed E-state index contributed by atoms with van der Waals surface area (Å²) >= 11 is 12.3. The fourth-order valence-electron chi connectivity index (χ4n) is 2.36. The van der Waals surface area contributed by atoms with Crippen LogP contribution < -0.4 is 4.74 Å². The van der Waals surface area contributed by atoms with Gasteiger partial charge in [0.2, 0.25) is 0 Å². The van der Waals surface area contributed by atoms with E-state index in [-0.39, 0.29) is 6.04 Å². The van der Waals surface area contributed by atoms with E-state index in [1.807, 2.05) is 73.8 Å². The van der Waals surface area contributed by atoms with Gasteiger partial charge in [-0.2, -0.15) is 0 Å². The molecule has 0 N–H and O–H groups in total. The lowest BCUT2D eigenvalue weighted by Crippen LogP contribution is -1.93. The molecule has 1 atom stereocenters. The lowest BCUT2D eigenvalue weighted by molar-refractivity contribution is 0.482. The van der Waals surface area contributed by atoms with Crippen LogP contribution in [0.3, 0.4) is 0 Å². The van der Waals surface area contributed by atoms with E-state index in [9.17, 15) is 0 Å². The number of ether oxygens (including phenoxy) is 1. The van der Waals surface area contributed by atoms with Crippen molar-refractivity contribution in [2.75, 3.05) is 0 Å². The Hall–Kier alpha value is -2.29. The molecule has 0 heterocycles. The van der Waals surface area contributed by atoms with Gasteiger partial charge < -0.3 is 4.74 Å². The topological polar surface area (TPSA) is 21.6 Å². The number of nitrogens with zero attached hydrogens (tertiary/aromatic N) is 1. The molecule has 3 rings (SSSR count). The fraction of sp³-hybridized carbons (Fsp3) is 0.0952. The smallest absolute Gasteiger partial charge is 0.127 e. The first-order chi connectivity index (χ1) is 12.1. The zero-order valence-electron chi connectivity index (χ0n) is 13.7. The molecule has 25 heavy (non-hydrogen) atoms. The highest BCUT2D eigenvalue weighted by atomic mass is 35.5. The molecule has 126 valence electrons. The number of rotatable bonds is 5. The Kier molecular flexibility index (Phi) is 5.75. The summed E-state index contributed by atoms with van der Waals surface area (Å²) < 4.78 is 5.78. The molecule has 0 aliphatic carbocycles. The SMILES string of the molecule is CC(/N=C/c1ccc(Oc2ccccc2)cc1)c1cc(Cl)ccc1Cl. The highest BCUT2D eigenvalue weighted by Crippen LogP contribution is 2.28. The minimum Gasteiger partial charge on any atom is -0.457 e. The second-order valence-corrected chi connectivity index (χ2v) is 6.45. The van der Waals surface area contributed by atoms with Crippen molar-refractivity contribution >= 4 is 29.4 Å². The van der Waals surface area contributed by atoms with Crippen LogP contribution in [0, 0.1) is 0 Å². The van der Waals surface area contributed by atoms with Crippen molar-refractivity contribution in [2.45, 2.75) is 13.0 Å². The predicted molar refractivity (Wildman–Crippen MR) is 105 cm³/mol. The minimum absolute atomic E-state index is 0.0774. The number of hydrogen-bond donors (Lipinski definition) is 0. The van der Waals surface area contributed by atoms with E-state index in [1.54, 1.807) is 12.1 Å². The van der Waals surface area contributed by atoms with Gasteiger partial charge in [-0.05, 0) is 72.6 Å². The number of benzene rings is 3. The minimum atomic E-state index is -0.0774. The molecule has 3 aromatic carbocycles. The molecule has 0 aromatic heterocycles. The normalized spacial score (nSPS) is 12.3. The first-order valence-electron chi connectivity index (χ1n) is 7.93. The quantitative estimate of drug-likeness (QED) is 0.445. The number of halogens is 2. The van der Waals surface area contributed by atoms with Crippen LogP contribution in [0.25, 0.3) is 0 Å². The van der Waals surface area contributed by atoms with E-state index in [4.69, 9.17) is 27.9 Å². The van der Waals surface area contributed by atoms with Gasteiger partial charge >= 0.3 is 0 Å². The zero-order valence-corrected chi connectivity index (χ0v) is 15.2. The maximum Gasteiger partial charge on any atom is 0.127 e. The van der Waals surface area contributed by atoms with Crippen LogP contribution in [-0.2, 0) is 0 Å². The molecule has 1 unspecified atom stereocenters. The van der Waals surface area contributed by atoms with Gasteiger partial charge in [-0.15, -0.1) is 0 Å². The molecule has 3 aromatic rings. The van der Waals surface area contributed by atoms with Gasteiger partial charge in [0.1, 0.15) is 11.5 Å². The van der Waals surface area contributed by atoms with E-state index in [2.05, 4.69) is 4.99 Å². The highest BCUT2D eigenvalue weighted by molar-refractivity contribution is 6.33. The van der Waals surface area contributed by atoms with Crippen molar-refractivity contribution in [1.82, 2.24) is 0 Å². The van der Waals surface area contributed by atoms with Crippen molar-refractivity contribution in [3.05, 3.63) is 94.0 Å². The summed E-state index contributed by atoms with van der Waals surface area (Å²) in [4.78, 5) is 4.57. The molecule has 0 aliphatic rings. The Morgan fingerprint density at radius 1 is 0.880 bits per heavy atom. The van der Waals surface area contributed by atoms with Gasteiger partial charge in [0.25, 0.3) is 0 Å². The molecule has 0 aliphatic heterocycles. The third kappa shape index (κ3) is 4.85. The number of hydrogen-bond acceptors (Lipinski definition) is 2. The predicted octanol–water partition coefficient (Wildman–Crippen LogP) is 6.97. The summed E-state index contributed by atoms with van der Waals surface area (Å²) in [7, 11) is 0. The molecular weight excluding hydrogens is 353 g/mol. The fourth-order valence-corrected chi connectivity index (χ4v) is 2.82. The summed E-state index contributed by atoms with van der Waals surface area (Å²) in [6.07, 6.45) is 1.83. The van der Waals surface area contributed by atoms with Crippen LogP contribution in [0.2, 0.25) is 10.0 Å². The number of aliphatic imine (C=N–C) groups is 1. The van der Waals surface area contributed by atoms with Gasteiger partial charge in [0, 0.05) is 16.3 Å². The average Bonchev–Trinajstić information content (AvgIpc) is 2.64. The summed E-state index contributed by atoms with van der Waals surface area (Å²) in [6, 6.07) is 22.8. The first kappa shape index (κ1) is 17.5. The van der Waals surface area contributed by atoms with Gasteiger partial charge in [-0.3, -0.25) is 4.99 Å². The van der Waals surface area contributed by atoms with E-state index < -0.39 is 0 Å². The van der Waals surface area contributed by atoms with Crippen LogP contribution >= 0.6 is 23.2 Å². The molecule has 2 nitrogen and oxygen atoms in total. The van der Waals surface area contributed by atoms with Crippen molar-refractivity contribution in [3.8, 4) is 11.5 Å². The Morgan fingerprint density at radius 2 is 1.56 bits per heavy atom. The van der Waals surface area contributed by atoms with Crippen LogP contribution in [-0.4, -0.2) is 6.21 Å². The maximum absolute atomic E-state index is 6.22. The highest BCUT2D eigenvalue weighted by Gasteiger charge is 2.08. The van der Waals surface area contributed by atoms with Crippen LogP contribution in [0.1, 0.15) is 24.1 Å². The Morgan fingerprint density at radius 3 is 2.28 bits per heavy atom. The van der Waals surface area contributed by atoms with Crippen molar-refractivity contribution in [1.29, 1.82) is 0 Å². The third-order valence-corrected chi connectivity index (χ3v) is 4.29. The third-order valence-electron chi connectivity index (χ3n) is 3.71. The molecule has 0 spiro atoms. The van der Waals surface area contributed by atoms with Crippen molar-refractivity contribution in [2.24, 2.45) is 4.99 Å². The molecule has 0 fully saturated rings. The van der Waals surface area contributed by atoms with E-state index in [0.717, 1.165) is 22.6 Å². The second-order valence-electron chi connectivity index (χ2n) is 5.60. The molecule has 4 heteroatoms. The van der Waals surface area contributed by atoms with E-state index in [0.29, 0.717) is 10.0 Å². The monoisotopic (exact) mass is 369 g/mol. The van der Waals surface area contributed by atoms with E-state index in [1.165, 1.54) is 0 Å². The zero-order chi connectivity index (χ0) is 17.6. The molecular formula is C21H17Cl2NO.